The van der Waals surface area contributed by atoms with E-state index in [1.165, 1.54) is 27.5 Å². The average Bonchev–Trinajstić information content (AvgIpc) is 2.93. The largest absolute Gasteiger partial charge is 0.491 e. The number of nitrogens with one attached hydrogen (secondary N) is 1. The first-order chi connectivity index (χ1) is 17.3. The molecule has 0 radical (unpaired) electrons. The predicted molar refractivity (Wildman–Crippen MR) is 141 cm³/mol. The molecular formula is C31H33NO3. The number of ether oxygens (including phenoxy) is 3. The van der Waals surface area contributed by atoms with E-state index in [1.807, 2.05) is 18.2 Å². The summed E-state index contributed by atoms with van der Waals surface area (Å²) in [7, 11) is 0. The van der Waals surface area contributed by atoms with Crippen LogP contribution in [0, 0.1) is 0 Å². The molecule has 1 aliphatic heterocycles. The van der Waals surface area contributed by atoms with Crippen LogP contribution in [-0.4, -0.2) is 32.4 Å². The van der Waals surface area contributed by atoms with E-state index < -0.39 is 0 Å². The van der Waals surface area contributed by atoms with E-state index in [4.69, 9.17) is 14.2 Å². The van der Waals surface area contributed by atoms with Gasteiger partial charge in [0.1, 0.15) is 12.4 Å². The molecule has 1 aliphatic rings. The fraction of sp³-hybridized carbons (Fsp3) is 0.290. The topological polar surface area (TPSA) is 39.7 Å². The average molecular weight is 468 g/mol. The van der Waals surface area contributed by atoms with Crippen molar-refractivity contribution in [3.05, 3.63) is 114 Å². The summed E-state index contributed by atoms with van der Waals surface area (Å²) in [4.78, 5) is 0. The van der Waals surface area contributed by atoms with Crippen molar-refractivity contribution >= 4 is 10.8 Å². The van der Waals surface area contributed by atoms with Gasteiger partial charge in [-0.25, -0.2) is 0 Å². The summed E-state index contributed by atoms with van der Waals surface area (Å²) in [5, 5.41) is 6.02. The van der Waals surface area contributed by atoms with Crippen molar-refractivity contribution < 1.29 is 14.2 Å². The van der Waals surface area contributed by atoms with Crippen LogP contribution in [-0.2, 0) is 22.7 Å². The minimum absolute atomic E-state index is 0.147. The van der Waals surface area contributed by atoms with Gasteiger partial charge in [0.15, 0.2) is 0 Å². The van der Waals surface area contributed by atoms with Crippen molar-refractivity contribution in [2.24, 2.45) is 0 Å². The Balaban J connectivity index is 1.12. The Morgan fingerprint density at radius 2 is 1.51 bits per heavy atom. The molecule has 1 heterocycles. The van der Waals surface area contributed by atoms with Crippen molar-refractivity contribution in [1.29, 1.82) is 0 Å². The molecule has 4 aromatic rings. The summed E-state index contributed by atoms with van der Waals surface area (Å²) >= 11 is 0. The van der Waals surface area contributed by atoms with Crippen LogP contribution < -0.4 is 10.1 Å². The molecule has 180 valence electrons. The van der Waals surface area contributed by atoms with Gasteiger partial charge in [0.25, 0.3) is 0 Å². The Kier molecular flexibility index (Phi) is 8.07. The normalized spacial score (nSPS) is 17.9. The number of benzene rings is 4. The summed E-state index contributed by atoms with van der Waals surface area (Å²) in [6, 6.07) is 33.7. The number of rotatable bonds is 10. The van der Waals surface area contributed by atoms with E-state index in [1.54, 1.807) is 0 Å². The van der Waals surface area contributed by atoms with Crippen LogP contribution in [0.25, 0.3) is 10.8 Å². The molecule has 4 heteroatoms. The molecule has 4 aromatic carbocycles. The third kappa shape index (κ3) is 6.49. The zero-order chi connectivity index (χ0) is 23.7. The van der Waals surface area contributed by atoms with Gasteiger partial charge in [-0.15, -0.1) is 0 Å². The van der Waals surface area contributed by atoms with Crippen molar-refractivity contribution in [3.8, 4) is 5.75 Å². The SMILES string of the molecule is c1ccc(COCCOc2ccc([C@H]3CCNC[C@@H]3OCc3ccc4ccccc4c3)cc2)cc1. The van der Waals surface area contributed by atoms with E-state index >= 15 is 0 Å². The molecule has 0 amide bonds. The van der Waals surface area contributed by atoms with Crippen LogP contribution in [0.1, 0.15) is 29.0 Å². The second-order valence-electron chi connectivity index (χ2n) is 9.09. The molecule has 1 N–H and O–H groups in total. The number of hydrogen-bond donors (Lipinski definition) is 1. The Morgan fingerprint density at radius 1 is 0.714 bits per heavy atom. The zero-order valence-electron chi connectivity index (χ0n) is 20.1. The third-order valence-electron chi connectivity index (χ3n) is 6.62. The van der Waals surface area contributed by atoms with Crippen molar-refractivity contribution in [2.75, 3.05) is 26.3 Å². The van der Waals surface area contributed by atoms with Gasteiger partial charge in [0, 0.05) is 12.5 Å². The molecule has 0 saturated carbocycles. The van der Waals surface area contributed by atoms with E-state index in [0.717, 1.165) is 25.3 Å². The smallest absolute Gasteiger partial charge is 0.119 e. The minimum atomic E-state index is 0.147. The van der Waals surface area contributed by atoms with Gasteiger partial charge in [-0.2, -0.15) is 0 Å². The molecule has 1 fully saturated rings. The molecule has 2 atom stereocenters. The molecule has 35 heavy (non-hydrogen) atoms. The van der Waals surface area contributed by atoms with Crippen LogP contribution >= 0.6 is 0 Å². The van der Waals surface area contributed by atoms with Crippen LogP contribution in [0.15, 0.2) is 97.1 Å². The lowest BCUT2D eigenvalue weighted by Crippen LogP contribution is -2.40. The fourth-order valence-corrected chi connectivity index (χ4v) is 4.71. The van der Waals surface area contributed by atoms with Crippen molar-refractivity contribution in [3.63, 3.8) is 0 Å². The quantitative estimate of drug-likeness (QED) is 0.286. The lowest BCUT2D eigenvalue weighted by Gasteiger charge is -2.32. The standard InChI is InChI=1S/C31H33NO3/c1-2-6-24(7-3-1)22-33-18-19-34-29-14-12-27(13-15-29)30-16-17-32-21-31(30)35-23-25-10-11-26-8-4-5-9-28(26)20-25/h1-15,20,30-32H,16-19,21-23H2/t30-,31+/m1/s1. The van der Waals surface area contributed by atoms with Gasteiger partial charge in [0.05, 0.1) is 25.9 Å². The number of piperidine rings is 1. The molecule has 1 saturated heterocycles. The zero-order valence-corrected chi connectivity index (χ0v) is 20.1. The summed E-state index contributed by atoms with van der Waals surface area (Å²) in [5.74, 6) is 1.25. The van der Waals surface area contributed by atoms with Gasteiger partial charge in [0.2, 0.25) is 0 Å². The molecule has 0 aliphatic carbocycles. The predicted octanol–water partition coefficient (Wildman–Crippen LogP) is 6.10. The van der Waals surface area contributed by atoms with Crippen molar-refractivity contribution in [2.45, 2.75) is 31.7 Å². The summed E-state index contributed by atoms with van der Waals surface area (Å²) in [6.45, 7) is 4.22. The second kappa shape index (κ2) is 12.0. The third-order valence-corrected chi connectivity index (χ3v) is 6.62. The maximum atomic E-state index is 6.43. The highest BCUT2D eigenvalue weighted by Gasteiger charge is 2.27. The maximum Gasteiger partial charge on any atom is 0.119 e. The molecule has 4 nitrogen and oxygen atoms in total. The maximum absolute atomic E-state index is 6.43. The van der Waals surface area contributed by atoms with Crippen molar-refractivity contribution in [1.82, 2.24) is 5.32 Å². The monoisotopic (exact) mass is 467 g/mol. The van der Waals surface area contributed by atoms with E-state index in [9.17, 15) is 0 Å². The first-order valence-corrected chi connectivity index (χ1v) is 12.5. The van der Waals surface area contributed by atoms with Crippen LogP contribution in [0.2, 0.25) is 0 Å². The highest BCUT2D eigenvalue weighted by atomic mass is 16.5. The number of hydrogen-bond acceptors (Lipinski definition) is 4. The van der Waals surface area contributed by atoms with Gasteiger partial charge in [-0.05, 0) is 58.6 Å². The van der Waals surface area contributed by atoms with Gasteiger partial charge in [-0.1, -0.05) is 78.9 Å². The lowest BCUT2D eigenvalue weighted by molar-refractivity contribution is 0.0106. The first kappa shape index (κ1) is 23.6. The molecule has 0 bridgehead atoms. The molecular weight excluding hydrogens is 434 g/mol. The second-order valence-corrected chi connectivity index (χ2v) is 9.09. The van der Waals surface area contributed by atoms with Gasteiger partial charge < -0.3 is 19.5 Å². The Hall–Kier alpha value is -3.18. The molecule has 0 unspecified atom stereocenters. The van der Waals surface area contributed by atoms with E-state index in [0.29, 0.717) is 32.3 Å². The number of fused-ring (bicyclic) bond motifs is 1. The van der Waals surface area contributed by atoms with Crippen LogP contribution in [0.4, 0.5) is 0 Å². The first-order valence-electron chi connectivity index (χ1n) is 12.5. The highest BCUT2D eigenvalue weighted by Crippen LogP contribution is 2.30. The van der Waals surface area contributed by atoms with Crippen LogP contribution in [0.3, 0.4) is 0 Å². The molecule has 5 rings (SSSR count). The van der Waals surface area contributed by atoms with E-state index in [-0.39, 0.29) is 6.10 Å². The molecule has 0 spiro atoms. The molecule has 0 aromatic heterocycles. The van der Waals surface area contributed by atoms with Crippen LogP contribution in [0.5, 0.6) is 5.75 Å². The lowest BCUT2D eigenvalue weighted by atomic mass is 9.87. The summed E-state index contributed by atoms with van der Waals surface area (Å²) < 4.78 is 18.0. The van der Waals surface area contributed by atoms with Gasteiger partial charge >= 0.3 is 0 Å². The Morgan fingerprint density at radius 3 is 2.37 bits per heavy atom. The fourth-order valence-electron chi connectivity index (χ4n) is 4.71. The highest BCUT2D eigenvalue weighted by molar-refractivity contribution is 5.82. The summed E-state index contributed by atoms with van der Waals surface area (Å²) in [5.41, 5.74) is 3.70. The summed E-state index contributed by atoms with van der Waals surface area (Å²) in [6.07, 6.45) is 1.21. The van der Waals surface area contributed by atoms with E-state index in [2.05, 4.69) is 84.2 Å². The minimum Gasteiger partial charge on any atom is -0.491 e. The Bertz CT molecular complexity index is 1190. The Labute approximate surface area is 207 Å². The van der Waals surface area contributed by atoms with Gasteiger partial charge in [-0.3, -0.25) is 0 Å².